The van der Waals surface area contributed by atoms with Gasteiger partial charge in [0.25, 0.3) is 5.91 Å². The highest BCUT2D eigenvalue weighted by atomic mass is 32.1. The van der Waals surface area contributed by atoms with Crippen molar-refractivity contribution in [1.82, 2.24) is 15.8 Å². The zero-order valence-electron chi connectivity index (χ0n) is 18.2. The van der Waals surface area contributed by atoms with Crippen molar-refractivity contribution in [2.24, 2.45) is 5.92 Å². The number of aromatic nitrogens is 1. The van der Waals surface area contributed by atoms with Crippen LogP contribution < -0.4 is 20.3 Å². The molecule has 9 heteroatoms. The van der Waals surface area contributed by atoms with Crippen molar-refractivity contribution < 1.29 is 19.1 Å². The first-order valence-electron chi connectivity index (χ1n) is 10.3. The van der Waals surface area contributed by atoms with Gasteiger partial charge in [0.05, 0.1) is 31.2 Å². The number of benzene rings is 1. The van der Waals surface area contributed by atoms with Gasteiger partial charge in [0, 0.05) is 15.8 Å². The maximum atomic E-state index is 12.5. The molecule has 168 valence electrons. The number of hydrazine groups is 1. The molecule has 32 heavy (non-hydrogen) atoms. The Hall–Kier alpha value is -2.91. The highest BCUT2D eigenvalue weighted by Gasteiger charge is 2.21. The molecule has 2 N–H and O–H groups in total. The number of ether oxygens (including phenoxy) is 2. The van der Waals surface area contributed by atoms with Crippen molar-refractivity contribution in [3.63, 3.8) is 0 Å². The number of nitrogens with zero attached hydrogens (tertiary/aromatic N) is 1. The van der Waals surface area contributed by atoms with Gasteiger partial charge in [0.2, 0.25) is 5.91 Å². The third kappa shape index (κ3) is 4.94. The van der Waals surface area contributed by atoms with Crippen LogP contribution in [0.4, 0.5) is 0 Å². The molecule has 7 nitrogen and oxygen atoms in total. The SMILES string of the molecule is COc1ccc(-c2nc(CC(=O)NNC(=O)c3cc4c(s3)CCC(C)C4)cs2)cc1OC. The molecule has 3 aromatic rings. The van der Waals surface area contributed by atoms with Gasteiger partial charge in [-0.3, -0.25) is 20.4 Å². The minimum absolute atomic E-state index is 0.0719. The molecule has 1 aromatic carbocycles. The minimum atomic E-state index is -0.322. The summed E-state index contributed by atoms with van der Waals surface area (Å²) in [7, 11) is 3.17. The van der Waals surface area contributed by atoms with Crippen molar-refractivity contribution in [1.29, 1.82) is 0 Å². The number of hydrogen-bond donors (Lipinski definition) is 2. The van der Waals surface area contributed by atoms with Crippen LogP contribution >= 0.6 is 22.7 Å². The molecule has 1 aliphatic carbocycles. The molecule has 1 unspecified atom stereocenters. The van der Waals surface area contributed by atoms with Gasteiger partial charge in [-0.1, -0.05) is 6.92 Å². The first-order valence-corrected chi connectivity index (χ1v) is 12.0. The van der Waals surface area contributed by atoms with Gasteiger partial charge in [0.1, 0.15) is 5.01 Å². The summed E-state index contributed by atoms with van der Waals surface area (Å²) in [5, 5.41) is 2.61. The van der Waals surface area contributed by atoms with E-state index in [9.17, 15) is 9.59 Å². The summed E-state index contributed by atoms with van der Waals surface area (Å²) >= 11 is 2.96. The van der Waals surface area contributed by atoms with E-state index in [1.807, 2.05) is 29.6 Å². The lowest BCUT2D eigenvalue weighted by Gasteiger charge is -2.16. The Bertz CT molecular complexity index is 1140. The number of carbonyl (C=O) groups is 2. The number of thiazole rings is 1. The second-order valence-corrected chi connectivity index (χ2v) is 9.79. The molecule has 0 saturated carbocycles. The number of carbonyl (C=O) groups excluding carboxylic acids is 2. The fourth-order valence-electron chi connectivity index (χ4n) is 3.70. The Morgan fingerprint density at radius 2 is 1.97 bits per heavy atom. The van der Waals surface area contributed by atoms with Crippen molar-refractivity contribution in [3.8, 4) is 22.1 Å². The number of amides is 2. The Morgan fingerprint density at radius 3 is 2.75 bits per heavy atom. The number of thiophene rings is 1. The summed E-state index contributed by atoms with van der Waals surface area (Å²) in [5.41, 5.74) is 7.79. The molecule has 0 saturated heterocycles. The lowest BCUT2D eigenvalue weighted by Crippen LogP contribution is -2.42. The molecule has 0 bridgehead atoms. The van der Waals surface area contributed by atoms with Crippen LogP contribution in [-0.2, 0) is 24.1 Å². The summed E-state index contributed by atoms with van der Waals surface area (Å²) in [6, 6.07) is 7.52. The van der Waals surface area contributed by atoms with E-state index in [2.05, 4.69) is 22.8 Å². The van der Waals surface area contributed by atoms with Crippen LogP contribution in [0.3, 0.4) is 0 Å². The van der Waals surface area contributed by atoms with Gasteiger partial charge in [-0.2, -0.15) is 0 Å². The average Bonchev–Trinajstić information content (AvgIpc) is 3.43. The molecule has 0 aliphatic heterocycles. The summed E-state index contributed by atoms with van der Waals surface area (Å²) in [6.07, 6.45) is 3.26. The number of methoxy groups -OCH3 is 2. The smallest absolute Gasteiger partial charge is 0.279 e. The summed E-state index contributed by atoms with van der Waals surface area (Å²) in [6.45, 7) is 2.23. The zero-order valence-corrected chi connectivity index (χ0v) is 19.8. The third-order valence-electron chi connectivity index (χ3n) is 5.39. The predicted molar refractivity (Wildman–Crippen MR) is 125 cm³/mol. The van der Waals surface area contributed by atoms with Gasteiger partial charge >= 0.3 is 0 Å². The van der Waals surface area contributed by atoms with Crippen LogP contribution in [-0.4, -0.2) is 31.0 Å². The average molecular weight is 472 g/mol. The number of hydrogen-bond acceptors (Lipinski definition) is 7. The van der Waals surface area contributed by atoms with E-state index in [1.165, 1.54) is 33.1 Å². The van der Waals surface area contributed by atoms with E-state index in [-0.39, 0.29) is 18.2 Å². The van der Waals surface area contributed by atoms with E-state index in [4.69, 9.17) is 9.47 Å². The molecule has 4 rings (SSSR count). The molecule has 1 atom stereocenters. The number of rotatable bonds is 6. The Balaban J connectivity index is 1.33. The van der Waals surface area contributed by atoms with E-state index in [1.54, 1.807) is 14.2 Å². The topological polar surface area (TPSA) is 89.5 Å². The first kappa shape index (κ1) is 22.3. The zero-order chi connectivity index (χ0) is 22.7. The highest BCUT2D eigenvalue weighted by molar-refractivity contribution is 7.14. The number of aryl methyl sites for hydroxylation is 1. The van der Waals surface area contributed by atoms with E-state index in [0.717, 1.165) is 29.8 Å². The highest BCUT2D eigenvalue weighted by Crippen LogP contribution is 2.34. The summed E-state index contributed by atoms with van der Waals surface area (Å²) < 4.78 is 10.6. The Labute approximate surface area is 194 Å². The maximum absolute atomic E-state index is 12.5. The molecular formula is C23H25N3O4S2. The maximum Gasteiger partial charge on any atom is 0.279 e. The van der Waals surface area contributed by atoms with Crippen LogP contribution in [0.2, 0.25) is 0 Å². The van der Waals surface area contributed by atoms with Gasteiger partial charge < -0.3 is 9.47 Å². The first-order chi connectivity index (χ1) is 15.5. The molecular weight excluding hydrogens is 446 g/mol. The van der Waals surface area contributed by atoms with Gasteiger partial charge in [-0.15, -0.1) is 22.7 Å². The van der Waals surface area contributed by atoms with Crippen LogP contribution in [0, 0.1) is 5.92 Å². The van der Waals surface area contributed by atoms with Crippen LogP contribution in [0.25, 0.3) is 10.6 Å². The Kier molecular flexibility index (Phi) is 6.76. The number of nitrogens with one attached hydrogen (secondary N) is 2. The van der Waals surface area contributed by atoms with Crippen LogP contribution in [0.1, 0.15) is 39.2 Å². The normalized spacial score (nSPS) is 15.0. The third-order valence-corrected chi connectivity index (χ3v) is 7.57. The summed E-state index contributed by atoms with van der Waals surface area (Å²) in [5.74, 6) is 1.30. The van der Waals surface area contributed by atoms with Gasteiger partial charge in [-0.25, -0.2) is 4.98 Å². The van der Waals surface area contributed by atoms with Gasteiger partial charge in [-0.05, 0) is 55.0 Å². The molecule has 0 radical (unpaired) electrons. The van der Waals surface area contributed by atoms with E-state index < -0.39 is 0 Å². The quantitative estimate of drug-likeness (QED) is 0.530. The fraction of sp³-hybridized carbons (Fsp3) is 0.348. The molecule has 2 aromatic heterocycles. The van der Waals surface area contributed by atoms with Crippen LogP contribution in [0.15, 0.2) is 29.6 Å². The lowest BCUT2D eigenvalue weighted by molar-refractivity contribution is -0.121. The molecule has 2 amide bonds. The second-order valence-electron chi connectivity index (χ2n) is 7.80. The molecule has 1 aliphatic rings. The summed E-state index contributed by atoms with van der Waals surface area (Å²) in [4.78, 5) is 31.2. The Morgan fingerprint density at radius 1 is 1.16 bits per heavy atom. The van der Waals surface area contributed by atoms with Crippen molar-refractivity contribution in [2.45, 2.75) is 32.6 Å². The molecule has 0 fully saturated rings. The number of fused-ring (bicyclic) bond motifs is 1. The van der Waals surface area contributed by atoms with Crippen molar-refractivity contribution in [3.05, 3.63) is 50.7 Å². The van der Waals surface area contributed by atoms with Crippen LogP contribution in [0.5, 0.6) is 11.5 Å². The van der Waals surface area contributed by atoms with E-state index >= 15 is 0 Å². The lowest BCUT2D eigenvalue weighted by atomic mass is 9.90. The van der Waals surface area contributed by atoms with Gasteiger partial charge in [0.15, 0.2) is 11.5 Å². The largest absolute Gasteiger partial charge is 0.493 e. The predicted octanol–water partition coefficient (Wildman–Crippen LogP) is 4.02. The molecule has 0 spiro atoms. The fourth-order valence-corrected chi connectivity index (χ4v) is 5.62. The standard InChI is InChI=1S/C23H25N3O4S2/c1-13-4-7-19-15(8-13)10-20(32-19)22(28)26-25-21(27)11-16-12-31-23(24-16)14-5-6-17(29-2)18(9-14)30-3/h5-6,9-10,12-13H,4,7-8,11H2,1-3H3,(H,25,27)(H,26,28). The molecule has 2 heterocycles. The van der Waals surface area contributed by atoms with Crippen molar-refractivity contribution in [2.75, 3.05) is 14.2 Å². The minimum Gasteiger partial charge on any atom is -0.493 e. The van der Waals surface area contributed by atoms with E-state index in [0.29, 0.717) is 28.0 Å². The van der Waals surface area contributed by atoms with Crippen molar-refractivity contribution >= 4 is 34.5 Å². The second kappa shape index (κ2) is 9.70. The monoisotopic (exact) mass is 471 g/mol.